The fourth-order valence-electron chi connectivity index (χ4n) is 1.14. The molecule has 4 heteroatoms. The van der Waals surface area contributed by atoms with Crippen molar-refractivity contribution >= 4 is 37.4 Å². The summed E-state index contributed by atoms with van der Waals surface area (Å²) >= 11 is 4.70. The molecule has 0 radical (unpaired) electrons. The molecule has 0 aliphatic heterocycles. The lowest BCUT2D eigenvalue weighted by molar-refractivity contribution is 0.639. The highest BCUT2D eigenvalue weighted by Gasteiger charge is 2.10. The number of hydrogen-bond acceptors (Lipinski definition) is 2. The fourth-order valence-corrected chi connectivity index (χ4v) is 2.68. The molecule has 0 saturated heterocycles. The molecule has 0 aliphatic carbocycles. The van der Waals surface area contributed by atoms with E-state index < -0.39 is 0 Å². The lowest BCUT2D eigenvalue weighted by atomic mass is 10.2. The zero-order valence-corrected chi connectivity index (χ0v) is 8.75. The summed E-state index contributed by atoms with van der Waals surface area (Å²) in [5, 5.41) is 11.1. The summed E-state index contributed by atoms with van der Waals surface area (Å²) in [6.45, 7) is 0. The van der Waals surface area contributed by atoms with Crippen LogP contribution in [-0.4, -0.2) is 0 Å². The highest BCUT2D eigenvalue weighted by Crippen LogP contribution is 2.33. The van der Waals surface area contributed by atoms with E-state index in [1.807, 2.05) is 6.07 Å². The van der Waals surface area contributed by atoms with Crippen molar-refractivity contribution in [3.63, 3.8) is 0 Å². The van der Waals surface area contributed by atoms with Gasteiger partial charge in [0.1, 0.15) is 11.9 Å². The summed E-state index contributed by atoms with van der Waals surface area (Å²) in [6, 6.07) is 4.90. The van der Waals surface area contributed by atoms with E-state index in [-0.39, 0.29) is 5.82 Å². The van der Waals surface area contributed by atoms with Crippen LogP contribution in [0.4, 0.5) is 4.39 Å². The predicted molar refractivity (Wildman–Crippen MR) is 54.2 cm³/mol. The number of hydrogen-bond donors (Lipinski definition) is 0. The monoisotopic (exact) mass is 255 g/mol. The van der Waals surface area contributed by atoms with Crippen molar-refractivity contribution in [3.8, 4) is 6.07 Å². The minimum Gasteiger partial charge on any atom is -0.206 e. The second kappa shape index (κ2) is 3.09. The zero-order valence-electron chi connectivity index (χ0n) is 6.34. The first-order valence-corrected chi connectivity index (χ1v) is 5.16. The van der Waals surface area contributed by atoms with Crippen LogP contribution in [0.2, 0.25) is 0 Å². The molecule has 0 bridgehead atoms. The summed E-state index contributed by atoms with van der Waals surface area (Å²) in [4.78, 5) is 0. The van der Waals surface area contributed by atoms with Crippen LogP contribution in [0.25, 0.3) is 10.1 Å². The van der Waals surface area contributed by atoms with Gasteiger partial charge in [0.25, 0.3) is 0 Å². The number of benzene rings is 1. The van der Waals surface area contributed by atoms with Crippen LogP contribution in [0.5, 0.6) is 0 Å². The van der Waals surface area contributed by atoms with Gasteiger partial charge in [0.05, 0.1) is 14.7 Å². The number of nitrogens with zero attached hydrogens (tertiary/aromatic N) is 1. The molecule has 0 amide bonds. The fraction of sp³-hybridized carbons (Fsp3) is 0. The van der Waals surface area contributed by atoms with Crippen LogP contribution in [0, 0.1) is 17.1 Å². The zero-order chi connectivity index (χ0) is 9.42. The Bertz CT molecular complexity index is 512. The van der Waals surface area contributed by atoms with Gasteiger partial charge in [-0.15, -0.1) is 11.3 Å². The van der Waals surface area contributed by atoms with Crippen LogP contribution in [0.1, 0.15) is 5.56 Å². The topological polar surface area (TPSA) is 23.8 Å². The smallest absolute Gasteiger partial charge is 0.133 e. The van der Waals surface area contributed by atoms with E-state index >= 15 is 0 Å². The maximum atomic E-state index is 13.3. The maximum Gasteiger partial charge on any atom is 0.133 e. The van der Waals surface area contributed by atoms with Gasteiger partial charge < -0.3 is 0 Å². The predicted octanol–water partition coefficient (Wildman–Crippen LogP) is 3.67. The lowest BCUT2D eigenvalue weighted by Crippen LogP contribution is -1.82. The molecule has 1 heterocycles. The quantitative estimate of drug-likeness (QED) is 0.705. The van der Waals surface area contributed by atoms with Gasteiger partial charge in [-0.1, -0.05) is 0 Å². The molecule has 0 aliphatic rings. The average molecular weight is 256 g/mol. The highest BCUT2D eigenvalue weighted by atomic mass is 79.9. The molecule has 0 atom stereocenters. The molecule has 0 N–H and O–H groups in total. The Morgan fingerprint density at radius 1 is 1.54 bits per heavy atom. The minimum absolute atomic E-state index is 0.337. The van der Waals surface area contributed by atoms with Crippen molar-refractivity contribution in [1.82, 2.24) is 0 Å². The van der Waals surface area contributed by atoms with Gasteiger partial charge in [0.2, 0.25) is 0 Å². The standard InChI is InChI=1S/C9H3BrFNS/c10-8-5(4-12)3-7(11)6-1-2-13-9(6)8/h1-3H. The summed E-state index contributed by atoms with van der Waals surface area (Å²) in [5.41, 5.74) is 0.340. The number of nitriles is 1. The minimum atomic E-state index is -0.337. The summed E-state index contributed by atoms with van der Waals surface area (Å²) in [6.07, 6.45) is 0. The van der Waals surface area contributed by atoms with Gasteiger partial charge in [-0.25, -0.2) is 4.39 Å². The molecule has 0 fully saturated rings. The molecule has 1 aromatic carbocycles. The summed E-state index contributed by atoms with van der Waals surface area (Å²) < 4.78 is 14.8. The van der Waals surface area contributed by atoms with Crippen molar-refractivity contribution in [2.45, 2.75) is 0 Å². The molecular formula is C9H3BrFNS. The first-order valence-electron chi connectivity index (χ1n) is 3.49. The van der Waals surface area contributed by atoms with Crippen molar-refractivity contribution < 1.29 is 4.39 Å². The van der Waals surface area contributed by atoms with E-state index in [1.165, 1.54) is 17.4 Å². The Morgan fingerprint density at radius 2 is 2.31 bits per heavy atom. The van der Waals surface area contributed by atoms with Crippen molar-refractivity contribution in [1.29, 1.82) is 5.26 Å². The molecule has 2 aromatic rings. The number of rotatable bonds is 0. The molecule has 13 heavy (non-hydrogen) atoms. The van der Waals surface area contributed by atoms with Crippen LogP contribution < -0.4 is 0 Å². The molecule has 0 saturated carbocycles. The Kier molecular flexibility index (Phi) is 2.06. The van der Waals surface area contributed by atoms with Crippen LogP contribution >= 0.6 is 27.3 Å². The summed E-state index contributed by atoms with van der Waals surface area (Å²) in [7, 11) is 0. The van der Waals surface area contributed by atoms with Crippen molar-refractivity contribution in [2.24, 2.45) is 0 Å². The molecule has 64 valence electrons. The molecular weight excluding hydrogens is 253 g/mol. The largest absolute Gasteiger partial charge is 0.206 e. The molecule has 0 unspecified atom stereocenters. The molecule has 1 aromatic heterocycles. The second-order valence-corrected chi connectivity index (χ2v) is 4.20. The number of fused-ring (bicyclic) bond motifs is 1. The normalized spacial score (nSPS) is 10.2. The van der Waals surface area contributed by atoms with Crippen LogP contribution in [0.3, 0.4) is 0 Å². The molecule has 2 rings (SSSR count). The summed E-state index contributed by atoms with van der Waals surface area (Å²) in [5.74, 6) is -0.337. The van der Waals surface area contributed by atoms with E-state index in [4.69, 9.17) is 5.26 Å². The first kappa shape index (κ1) is 8.67. The van der Waals surface area contributed by atoms with E-state index in [9.17, 15) is 4.39 Å². The molecule has 1 nitrogen and oxygen atoms in total. The van der Waals surface area contributed by atoms with E-state index in [0.717, 1.165) is 4.70 Å². The third-order valence-electron chi connectivity index (χ3n) is 1.75. The molecule has 0 spiro atoms. The maximum absolute atomic E-state index is 13.3. The van der Waals surface area contributed by atoms with Crippen molar-refractivity contribution in [3.05, 3.63) is 33.4 Å². The first-order chi connectivity index (χ1) is 6.24. The van der Waals surface area contributed by atoms with E-state index in [1.54, 1.807) is 11.4 Å². The van der Waals surface area contributed by atoms with Gasteiger partial charge in [-0.05, 0) is 33.4 Å². The second-order valence-electron chi connectivity index (χ2n) is 2.50. The average Bonchev–Trinajstić information content (AvgIpc) is 2.60. The van der Waals surface area contributed by atoms with Gasteiger partial charge in [-0.2, -0.15) is 5.26 Å². The lowest BCUT2D eigenvalue weighted by Gasteiger charge is -1.98. The third-order valence-corrected chi connectivity index (χ3v) is 3.77. The van der Waals surface area contributed by atoms with E-state index in [0.29, 0.717) is 15.4 Å². The van der Waals surface area contributed by atoms with Gasteiger partial charge in [-0.3, -0.25) is 0 Å². The number of halogens is 2. The SMILES string of the molecule is N#Cc1cc(F)c2ccsc2c1Br. The van der Waals surface area contributed by atoms with E-state index in [2.05, 4.69) is 15.9 Å². The Balaban J connectivity index is 2.95. The Labute approximate surface area is 86.5 Å². The van der Waals surface area contributed by atoms with Gasteiger partial charge >= 0.3 is 0 Å². The Hall–Kier alpha value is -0.920. The van der Waals surface area contributed by atoms with Crippen LogP contribution in [0.15, 0.2) is 22.0 Å². The highest BCUT2D eigenvalue weighted by molar-refractivity contribution is 9.10. The third kappa shape index (κ3) is 1.25. The Morgan fingerprint density at radius 3 is 3.00 bits per heavy atom. The van der Waals surface area contributed by atoms with Gasteiger partial charge in [0, 0.05) is 5.39 Å². The van der Waals surface area contributed by atoms with Crippen LogP contribution in [-0.2, 0) is 0 Å². The number of thiophene rings is 1. The van der Waals surface area contributed by atoms with Gasteiger partial charge in [0.15, 0.2) is 0 Å². The van der Waals surface area contributed by atoms with Crippen molar-refractivity contribution in [2.75, 3.05) is 0 Å².